The van der Waals surface area contributed by atoms with Gasteiger partial charge in [-0.15, -0.1) is 0 Å². The topological polar surface area (TPSA) is 0 Å². The Kier molecular flexibility index (Phi) is 9.61. The predicted octanol–water partition coefficient (Wildman–Crippen LogP) is 5.59. The third-order valence-corrected chi connectivity index (χ3v) is 5.27. The molecular weight excluding hydrogens is 427 g/mol. The molecule has 0 heterocycles. The van der Waals surface area contributed by atoms with Crippen molar-refractivity contribution in [2.24, 2.45) is 0 Å². The Morgan fingerprint density at radius 1 is 0.520 bits per heavy atom. The van der Waals surface area contributed by atoms with Gasteiger partial charge >= 0.3 is 0 Å². The average Bonchev–Trinajstić information content (AvgIpc) is 2.43. The van der Waals surface area contributed by atoms with Crippen LogP contribution in [0.3, 0.4) is 0 Å². The molecule has 0 saturated heterocycles. The van der Waals surface area contributed by atoms with Crippen LogP contribution in [0.4, 0.5) is 0 Å². The zero-order valence-electron chi connectivity index (χ0n) is 15.4. The molecule has 0 aliphatic rings. The largest absolute Gasteiger partial charge is 0.781 e. The molecule has 5 heteroatoms. The smallest absolute Gasteiger partial charge is 0 e. The summed E-state index contributed by atoms with van der Waals surface area (Å²) in [5.41, 5.74) is 2.83. The SMILES string of the molecule is CC(C)(C)c1ccc([S-])c([S-])c1.CC(C)(C)c1ccc([S-])c([S-])c1.[Co]. The van der Waals surface area contributed by atoms with E-state index in [1.165, 1.54) is 11.1 Å². The standard InChI is InChI=1S/2C10H14S2.Co/c2*1-10(2,3)7-4-5-8(11)9(12)6-7;/h2*4-6,11-12H,1-3H3;/p-4. The summed E-state index contributed by atoms with van der Waals surface area (Å²) in [6.45, 7) is 13.0. The van der Waals surface area contributed by atoms with E-state index in [0.29, 0.717) is 0 Å². The summed E-state index contributed by atoms with van der Waals surface area (Å²) in [6.07, 6.45) is 0. The van der Waals surface area contributed by atoms with Gasteiger partial charge in [0, 0.05) is 16.8 Å². The summed E-state index contributed by atoms with van der Waals surface area (Å²) in [5, 5.41) is 0. The minimum absolute atomic E-state index is 0. The molecule has 0 spiro atoms. The molecule has 0 N–H and O–H groups in total. The quantitative estimate of drug-likeness (QED) is 0.479. The molecule has 0 saturated carbocycles. The molecule has 0 aliphatic heterocycles. The van der Waals surface area contributed by atoms with Gasteiger partial charge < -0.3 is 50.5 Å². The fraction of sp³-hybridized carbons (Fsp3) is 0.400. The third kappa shape index (κ3) is 7.93. The molecule has 2 rings (SSSR count). The maximum Gasteiger partial charge on any atom is 0 e. The Morgan fingerprint density at radius 3 is 1.00 bits per heavy atom. The second kappa shape index (κ2) is 9.67. The van der Waals surface area contributed by atoms with Crippen molar-refractivity contribution in [3.63, 3.8) is 0 Å². The van der Waals surface area contributed by atoms with Gasteiger partial charge in [0.1, 0.15) is 0 Å². The van der Waals surface area contributed by atoms with Crippen LogP contribution in [0.1, 0.15) is 52.7 Å². The van der Waals surface area contributed by atoms with Crippen LogP contribution in [-0.4, -0.2) is 0 Å². The minimum Gasteiger partial charge on any atom is -0.781 e. The van der Waals surface area contributed by atoms with Gasteiger partial charge in [-0.1, -0.05) is 77.9 Å². The Labute approximate surface area is 185 Å². The van der Waals surface area contributed by atoms with E-state index in [9.17, 15) is 0 Å². The van der Waals surface area contributed by atoms with Crippen LogP contribution in [0.2, 0.25) is 0 Å². The van der Waals surface area contributed by atoms with Crippen LogP contribution < -0.4 is 0 Å². The van der Waals surface area contributed by atoms with Gasteiger partial charge in [0.2, 0.25) is 0 Å². The zero-order valence-corrected chi connectivity index (χ0v) is 19.7. The van der Waals surface area contributed by atoms with E-state index in [-0.39, 0.29) is 27.6 Å². The van der Waals surface area contributed by atoms with Crippen molar-refractivity contribution in [2.45, 2.75) is 72.0 Å². The fourth-order valence-electron chi connectivity index (χ4n) is 1.95. The molecule has 0 nitrogen and oxygen atoms in total. The van der Waals surface area contributed by atoms with Gasteiger partial charge in [0.25, 0.3) is 0 Å². The molecule has 141 valence electrons. The molecule has 0 amide bonds. The monoisotopic (exact) mass is 451 g/mol. The van der Waals surface area contributed by atoms with Crippen molar-refractivity contribution < 1.29 is 16.8 Å². The van der Waals surface area contributed by atoms with Crippen LogP contribution >= 0.6 is 0 Å². The van der Waals surface area contributed by atoms with Gasteiger partial charge in [-0.2, -0.15) is 19.6 Å². The van der Waals surface area contributed by atoms with Crippen LogP contribution in [0, 0.1) is 0 Å². The zero-order chi connectivity index (χ0) is 18.7. The normalized spacial score (nSPS) is 11.1. The van der Waals surface area contributed by atoms with Gasteiger partial charge in [-0.3, -0.25) is 0 Å². The average molecular weight is 452 g/mol. The molecule has 25 heavy (non-hydrogen) atoms. The fourth-order valence-corrected chi connectivity index (χ4v) is 2.59. The molecule has 0 atom stereocenters. The Balaban J connectivity index is 0.000000443. The Bertz CT molecular complexity index is 636. The van der Waals surface area contributed by atoms with Crippen LogP contribution in [0.25, 0.3) is 0 Å². The molecule has 0 aromatic heterocycles. The molecule has 1 radical (unpaired) electrons. The number of rotatable bonds is 0. The van der Waals surface area contributed by atoms with Crippen LogP contribution in [0.5, 0.6) is 0 Å². The first-order chi connectivity index (χ1) is 10.8. The Morgan fingerprint density at radius 2 is 0.800 bits per heavy atom. The van der Waals surface area contributed by atoms with Crippen molar-refractivity contribution >= 4 is 50.5 Å². The molecule has 0 unspecified atom stereocenters. The van der Waals surface area contributed by atoms with E-state index in [1.807, 2.05) is 24.3 Å². The van der Waals surface area contributed by atoms with Gasteiger partial charge in [-0.25, -0.2) is 0 Å². The summed E-state index contributed by atoms with van der Waals surface area (Å²) in [4.78, 5) is 3.13. The van der Waals surface area contributed by atoms with E-state index >= 15 is 0 Å². The van der Waals surface area contributed by atoms with Crippen LogP contribution in [0.15, 0.2) is 56.0 Å². The van der Waals surface area contributed by atoms with E-state index < -0.39 is 0 Å². The van der Waals surface area contributed by atoms with Crippen molar-refractivity contribution in [1.82, 2.24) is 0 Å². The number of hydrogen-bond donors (Lipinski definition) is 0. The van der Waals surface area contributed by atoms with Gasteiger partial charge in [0.05, 0.1) is 0 Å². The van der Waals surface area contributed by atoms with Crippen molar-refractivity contribution in [1.29, 1.82) is 0 Å². The molecular formula is C20H24CoS4-4. The summed E-state index contributed by atoms with van der Waals surface area (Å²) < 4.78 is 0. The molecule has 0 fully saturated rings. The maximum absolute atomic E-state index is 5.11. The van der Waals surface area contributed by atoms with Crippen molar-refractivity contribution in [2.75, 3.05) is 0 Å². The number of hydrogen-bond acceptors (Lipinski definition) is 4. The van der Waals surface area contributed by atoms with Crippen molar-refractivity contribution in [3.8, 4) is 0 Å². The first-order valence-electron chi connectivity index (χ1n) is 7.79. The summed E-state index contributed by atoms with van der Waals surface area (Å²) in [6, 6.07) is 11.9. The van der Waals surface area contributed by atoms with E-state index in [4.69, 9.17) is 50.5 Å². The predicted molar refractivity (Wildman–Crippen MR) is 113 cm³/mol. The summed E-state index contributed by atoms with van der Waals surface area (Å²) >= 11 is 20.3. The third-order valence-electron chi connectivity index (χ3n) is 3.62. The summed E-state index contributed by atoms with van der Waals surface area (Å²) in [7, 11) is 0. The maximum atomic E-state index is 5.11. The molecule has 0 aliphatic carbocycles. The van der Waals surface area contributed by atoms with E-state index in [1.54, 1.807) is 0 Å². The second-order valence-electron chi connectivity index (χ2n) is 7.82. The first kappa shape index (κ1) is 24.8. The van der Waals surface area contributed by atoms with Gasteiger partial charge in [-0.05, 0) is 22.0 Å². The molecule has 0 bridgehead atoms. The van der Waals surface area contributed by atoms with E-state index in [0.717, 1.165) is 19.6 Å². The molecule has 2 aromatic rings. The first-order valence-corrected chi connectivity index (χ1v) is 9.43. The van der Waals surface area contributed by atoms with Crippen LogP contribution in [-0.2, 0) is 78.1 Å². The Hall–Kier alpha value is -0.174. The van der Waals surface area contributed by atoms with Crippen molar-refractivity contribution in [3.05, 3.63) is 47.5 Å². The van der Waals surface area contributed by atoms with E-state index in [2.05, 4.69) is 53.7 Å². The molecule has 2 aromatic carbocycles. The van der Waals surface area contributed by atoms with Gasteiger partial charge in [0.15, 0.2) is 0 Å². The summed E-state index contributed by atoms with van der Waals surface area (Å²) in [5.74, 6) is 0. The second-order valence-corrected chi connectivity index (χ2v) is 9.58. The number of benzene rings is 2. The minimum atomic E-state index is 0.